The first-order valence-electron chi connectivity index (χ1n) is 7.74. The smallest absolute Gasteiger partial charge is 0.258 e. The van der Waals surface area contributed by atoms with Gasteiger partial charge in [-0.25, -0.2) is 12.8 Å². The van der Waals surface area contributed by atoms with Crippen molar-refractivity contribution in [3.05, 3.63) is 58.3 Å². The minimum absolute atomic E-state index is 0.0724. The molecule has 3 rings (SSSR count). The van der Waals surface area contributed by atoms with Crippen LogP contribution in [0.2, 0.25) is 0 Å². The average molecular weight is 427 g/mol. The van der Waals surface area contributed by atoms with E-state index in [1.807, 2.05) is 0 Å². The summed E-state index contributed by atoms with van der Waals surface area (Å²) in [5.74, 6) is -1.46. The zero-order valence-electron chi connectivity index (χ0n) is 13.2. The lowest BCUT2D eigenvalue weighted by molar-refractivity contribution is 0.102. The molecule has 0 radical (unpaired) electrons. The predicted octanol–water partition coefficient (Wildman–Crippen LogP) is 3.63. The number of nitrogens with one attached hydrogen (secondary N) is 1. The second-order valence-corrected chi connectivity index (χ2v) is 8.57. The summed E-state index contributed by atoms with van der Waals surface area (Å²) in [5, 5.41) is 2.57. The Balaban J connectivity index is 1.88. The molecule has 0 atom stereocenters. The highest BCUT2D eigenvalue weighted by Gasteiger charge is 2.28. The normalized spacial score (nSPS) is 15.3. The van der Waals surface area contributed by atoms with Gasteiger partial charge in [0.15, 0.2) is 0 Å². The van der Waals surface area contributed by atoms with Gasteiger partial charge in [0.25, 0.3) is 5.91 Å². The first-order valence-corrected chi connectivity index (χ1v) is 9.98. The minimum atomic E-state index is -3.71. The molecule has 1 fully saturated rings. The third-order valence-electron chi connectivity index (χ3n) is 3.99. The van der Waals surface area contributed by atoms with Gasteiger partial charge in [0.05, 0.1) is 10.5 Å². The molecule has 2 aromatic rings. The zero-order chi connectivity index (χ0) is 18.0. The van der Waals surface area contributed by atoms with Crippen LogP contribution in [-0.4, -0.2) is 31.7 Å². The summed E-state index contributed by atoms with van der Waals surface area (Å²) in [6, 6.07) is 10.1. The highest BCUT2D eigenvalue weighted by Crippen LogP contribution is 2.23. The van der Waals surface area contributed by atoms with Gasteiger partial charge in [-0.3, -0.25) is 4.79 Å². The van der Waals surface area contributed by atoms with Crippen LogP contribution in [0.15, 0.2) is 51.8 Å². The summed E-state index contributed by atoms with van der Waals surface area (Å²) in [7, 11) is -3.71. The van der Waals surface area contributed by atoms with Gasteiger partial charge in [0.2, 0.25) is 10.0 Å². The van der Waals surface area contributed by atoms with E-state index in [4.69, 9.17) is 0 Å². The van der Waals surface area contributed by atoms with Gasteiger partial charge < -0.3 is 5.32 Å². The van der Waals surface area contributed by atoms with Crippen LogP contribution in [-0.2, 0) is 10.0 Å². The Labute approximate surface area is 154 Å². The first-order chi connectivity index (χ1) is 11.9. The molecule has 0 unspecified atom stereocenters. The highest BCUT2D eigenvalue weighted by atomic mass is 79.9. The predicted molar refractivity (Wildman–Crippen MR) is 96.5 cm³/mol. The Kier molecular flexibility index (Phi) is 5.21. The van der Waals surface area contributed by atoms with Crippen molar-refractivity contribution in [3.8, 4) is 0 Å². The summed E-state index contributed by atoms with van der Waals surface area (Å²) in [5.41, 5.74) is 0.184. The van der Waals surface area contributed by atoms with E-state index < -0.39 is 21.7 Å². The second kappa shape index (κ2) is 7.23. The number of hydrogen-bond acceptors (Lipinski definition) is 3. The maximum atomic E-state index is 14.1. The van der Waals surface area contributed by atoms with E-state index in [-0.39, 0.29) is 10.5 Å². The fourth-order valence-electron chi connectivity index (χ4n) is 2.65. The topological polar surface area (TPSA) is 66.5 Å². The van der Waals surface area contributed by atoms with Crippen molar-refractivity contribution in [2.45, 2.75) is 17.7 Å². The molecule has 0 aromatic heterocycles. The van der Waals surface area contributed by atoms with E-state index in [1.165, 1.54) is 10.4 Å². The highest BCUT2D eigenvalue weighted by molar-refractivity contribution is 9.10. The van der Waals surface area contributed by atoms with Crippen LogP contribution in [0.3, 0.4) is 0 Å². The standard InChI is InChI=1S/C17H16BrFN2O3S/c18-12-3-5-13(6-4-12)20-17(22)15-11-14(7-8-16(15)19)25(23,24)21-9-1-2-10-21/h3-8,11H,1-2,9-10H2,(H,20,22). The van der Waals surface area contributed by atoms with Crippen molar-refractivity contribution in [2.24, 2.45) is 0 Å². The van der Waals surface area contributed by atoms with Gasteiger partial charge in [0, 0.05) is 23.2 Å². The van der Waals surface area contributed by atoms with Crippen molar-refractivity contribution in [3.63, 3.8) is 0 Å². The third-order valence-corrected chi connectivity index (χ3v) is 6.41. The van der Waals surface area contributed by atoms with E-state index in [0.29, 0.717) is 18.8 Å². The van der Waals surface area contributed by atoms with E-state index in [2.05, 4.69) is 21.2 Å². The van der Waals surface area contributed by atoms with Crippen molar-refractivity contribution in [1.82, 2.24) is 4.31 Å². The van der Waals surface area contributed by atoms with Crippen LogP contribution >= 0.6 is 15.9 Å². The molecule has 1 amide bonds. The quantitative estimate of drug-likeness (QED) is 0.811. The Morgan fingerprint density at radius 1 is 1.08 bits per heavy atom. The monoisotopic (exact) mass is 426 g/mol. The number of benzene rings is 2. The van der Waals surface area contributed by atoms with Gasteiger partial charge in [-0.2, -0.15) is 4.31 Å². The van der Waals surface area contributed by atoms with E-state index >= 15 is 0 Å². The molecule has 1 heterocycles. The minimum Gasteiger partial charge on any atom is -0.322 e. The summed E-state index contributed by atoms with van der Waals surface area (Å²) in [6.45, 7) is 0.889. The number of carbonyl (C=O) groups excluding carboxylic acids is 1. The molecule has 2 aromatic carbocycles. The van der Waals surface area contributed by atoms with Crippen molar-refractivity contribution in [1.29, 1.82) is 0 Å². The molecule has 8 heteroatoms. The number of hydrogen-bond donors (Lipinski definition) is 1. The molecule has 5 nitrogen and oxygen atoms in total. The van der Waals surface area contributed by atoms with Crippen LogP contribution < -0.4 is 5.32 Å². The molecular formula is C17H16BrFN2O3S. The first kappa shape index (κ1) is 18.0. The number of nitrogens with zero attached hydrogens (tertiary/aromatic N) is 1. The van der Waals surface area contributed by atoms with Crippen molar-refractivity contribution < 1.29 is 17.6 Å². The van der Waals surface area contributed by atoms with Gasteiger partial charge in [-0.15, -0.1) is 0 Å². The van der Waals surface area contributed by atoms with Crippen LogP contribution in [0.25, 0.3) is 0 Å². The van der Waals surface area contributed by atoms with Gasteiger partial charge in [-0.05, 0) is 55.3 Å². The molecule has 0 spiro atoms. The Morgan fingerprint density at radius 3 is 2.36 bits per heavy atom. The lowest BCUT2D eigenvalue weighted by Crippen LogP contribution is -2.28. The zero-order valence-corrected chi connectivity index (χ0v) is 15.6. The summed E-state index contributed by atoms with van der Waals surface area (Å²) < 4.78 is 41.4. The molecule has 1 aliphatic heterocycles. The molecule has 0 saturated carbocycles. The molecule has 1 N–H and O–H groups in total. The Hall–Kier alpha value is -1.77. The maximum absolute atomic E-state index is 14.1. The molecule has 1 aliphatic rings. The number of carbonyl (C=O) groups is 1. The fourth-order valence-corrected chi connectivity index (χ4v) is 4.46. The number of rotatable bonds is 4. The number of amides is 1. The third kappa shape index (κ3) is 3.91. The molecule has 132 valence electrons. The molecular weight excluding hydrogens is 411 g/mol. The van der Waals surface area contributed by atoms with Crippen LogP contribution in [0.1, 0.15) is 23.2 Å². The van der Waals surface area contributed by atoms with E-state index in [1.54, 1.807) is 24.3 Å². The van der Waals surface area contributed by atoms with Gasteiger partial charge >= 0.3 is 0 Å². The lowest BCUT2D eigenvalue weighted by Gasteiger charge is -2.16. The number of anilines is 1. The van der Waals surface area contributed by atoms with Gasteiger partial charge in [-0.1, -0.05) is 15.9 Å². The summed E-state index contributed by atoms with van der Waals surface area (Å²) >= 11 is 3.29. The average Bonchev–Trinajstić information content (AvgIpc) is 3.12. The summed E-state index contributed by atoms with van der Waals surface area (Å²) in [4.78, 5) is 12.3. The van der Waals surface area contributed by atoms with Crippen LogP contribution in [0.5, 0.6) is 0 Å². The van der Waals surface area contributed by atoms with E-state index in [0.717, 1.165) is 29.4 Å². The molecule has 0 bridgehead atoms. The molecule has 1 saturated heterocycles. The maximum Gasteiger partial charge on any atom is 0.258 e. The Morgan fingerprint density at radius 2 is 1.72 bits per heavy atom. The van der Waals surface area contributed by atoms with Crippen molar-refractivity contribution in [2.75, 3.05) is 18.4 Å². The molecule has 25 heavy (non-hydrogen) atoms. The van der Waals surface area contributed by atoms with E-state index in [9.17, 15) is 17.6 Å². The largest absolute Gasteiger partial charge is 0.322 e. The second-order valence-electron chi connectivity index (χ2n) is 5.71. The number of sulfonamides is 1. The molecule has 0 aliphatic carbocycles. The summed E-state index contributed by atoms with van der Waals surface area (Å²) in [6.07, 6.45) is 1.61. The lowest BCUT2D eigenvalue weighted by atomic mass is 10.2. The SMILES string of the molecule is O=C(Nc1ccc(Br)cc1)c1cc(S(=O)(=O)N2CCCC2)ccc1F. The van der Waals surface area contributed by atoms with Crippen LogP contribution in [0.4, 0.5) is 10.1 Å². The van der Waals surface area contributed by atoms with Gasteiger partial charge in [0.1, 0.15) is 5.82 Å². The fraction of sp³-hybridized carbons (Fsp3) is 0.235. The Bertz CT molecular complexity index is 895. The van der Waals surface area contributed by atoms with Crippen LogP contribution in [0, 0.1) is 5.82 Å². The van der Waals surface area contributed by atoms with Crippen molar-refractivity contribution >= 4 is 37.5 Å². The number of halogens is 2.